The summed E-state index contributed by atoms with van der Waals surface area (Å²) < 4.78 is 7.53. The Hall–Kier alpha value is -3.56. The van der Waals surface area contributed by atoms with Gasteiger partial charge in [0.1, 0.15) is 11.8 Å². The van der Waals surface area contributed by atoms with Gasteiger partial charge >= 0.3 is 0 Å². The Kier molecular flexibility index (Phi) is 6.87. The molecular formula is C26H31N7O2. The summed E-state index contributed by atoms with van der Waals surface area (Å²) in [5, 5.41) is 17.2. The predicted octanol–water partition coefficient (Wildman–Crippen LogP) is 2.54. The van der Waals surface area contributed by atoms with Crippen LogP contribution in [0.2, 0.25) is 0 Å². The third kappa shape index (κ3) is 5.11. The van der Waals surface area contributed by atoms with Crippen LogP contribution >= 0.6 is 0 Å². The van der Waals surface area contributed by atoms with Crippen molar-refractivity contribution in [2.45, 2.75) is 38.9 Å². The van der Waals surface area contributed by atoms with Gasteiger partial charge in [-0.2, -0.15) is 0 Å². The van der Waals surface area contributed by atoms with Crippen LogP contribution in [-0.4, -0.2) is 62.4 Å². The molecule has 1 aliphatic rings. The average molecular weight is 474 g/mol. The molecule has 3 heterocycles. The summed E-state index contributed by atoms with van der Waals surface area (Å²) in [5.41, 5.74) is 2.50. The fraction of sp³-hybridized carbons (Fsp3) is 0.385. The van der Waals surface area contributed by atoms with Crippen molar-refractivity contribution in [3.63, 3.8) is 0 Å². The summed E-state index contributed by atoms with van der Waals surface area (Å²) >= 11 is 0. The van der Waals surface area contributed by atoms with Crippen molar-refractivity contribution in [3.8, 4) is 5.75 Å². The van der Waals surface area contributed by atoms with Gasteiger partial charge < -0.3 is 15.0 Å². The number of hydrogen-bond donors (Lipinski definition) is 2. The van der Waals surface area contributed by atoms with Gasteiger partial charge in [-0.25, -0.2) is 4.68 Å². The molecule has 2 aromatic carbocycles. The summed E-state index contributed by atoms with van der Waals surface area (Å²) in [4.78, 5) is 18.8. The standard InChI is InChI=1S/C26H31N7O2/c1-3-35-21-9-10-23-20(15-21)16-22(26(34)28-23)24(32-14-12-27-18(2)17-32)25-29-30-31-33(25)13-11-19-7-5-4-6-8-19/h4-10,15-16,18,24,27H,3,11-14,17H2,1-2H3,(H,28,34). The van der Waals surface area contributed by atoms with Gasteiger partial charge in [0.15, 0.2) is 5.82 Å². The molecular weight excluding hydrogens is 442 g/mol. The minimum absolute atomic E-state index is 0.129. The zero-order chi connectivity index (χ0) is 24.2. The zero-order valence-corrected chi connectivity index (χ0v) is 20.1. The van der Waals surface area contributed by atoms with Crippen LogP contribution < -0.4 is 15.6 Å². The quantitative estimate of drug-likeness (QED) is 0.406. The number of H-pyrrole nitrogens is 1. The largest absolute Gasteiger partial charge is 0.494 e. The van der Waals surface area contributed by atoms with Crippen LogP contribution in [0.3, 0.4) is 0 Å². The monoisotopic (exact) mass is 473 g/mol. The van der Waals surface area contributed by atoms with Gasteiger partial charge in [-0.05, 0) is 60.5 Å². The number of aromatic nitrogens is 5. The van der Waals surface area contributed by atoms with E-state index in [2.05, 4.69) is 49.8 Å². The smallest absolute Gasteiger partial charge is 0.253 e. The highest BCUT2D eigenvalue weighted by Crippen LogP contribution is 2.29. The van der Waals surface area contributed by atoms with E-state index in [1.165, 1.54) is 5.56 Å². The Morgan fingerprint density at radius 2 is 2.03 bits per heavy atom. The van der Waals surface area contributed by atoms with Gasteiger partial charge in [-0.1, -0.05) is 30.3 Å². The van der Waals surface area contributed by atoms with Crippen LogP contribution in [0.5, 0.6) is 5.75 Å². The molecule has 2 unspecified atom stereocenters. The second-order valence-electron chi connectivity index (χ2n) is 8.98. The summed E-state index contributed by atoms with van der Waals surface area (Å²) in [6.45, 7) is 7.73. The Morgan fingerprint density at radius 3 is 2.83 bits per heavy atom. The van der Waals surface area contributed by atoms with E-state index in [1.807, 2.05) is 54.1 Å². The summed E-state index contributed by atoms with van der Waals surface area (Å²) in [6.07, 6.45) is 0.801. The van der Waals surface area contributed by atoms with Gasteiger partial charge in [0.05, 0.1) is 6.61 Å². The molecule has 0 aliphatic carbocycles. The fourth-order valence-electron chi connectivity index (χ4n) is 4.80. The summed E-state index contributed by atoms with van der Waals surface area (Å²) in [6, 6.07) is 17.9. The van der Waals surface area contributed by atoms with Crippen molar-refractivity contribution in [2.75, 3.05) is 26.2 Å². The van der Waals surface area contributed by atoms with E-state index >= 15 is 0 Å². The lowest BCUT2D eigenvalue weighted by Crippen LogP contribution is -2.51. The first-order chi connectivity index (χ1) is 17.1. The number of ether oxygens (including phenoxy) is 1. The summed E-state index contributed by atoms with van der Waals surface area (Å²) in [5.74, 6) is 1.46. The number of nitrogens with one attached hydrogen (secondary N) is 2. The highest BCUT2D eigenvalue weighted by Gasteiger charge is 2.32. The van der Waals surface area contributed by atoms with Crippen LogP contribution in [0.1, 0.15) is 36.8 Å². The number of hydrogen-bond acceptors (Lipinski definition) is 7. The molecule has 2 atom stereocenters. The second-order valence-corrected chi connectivity index (χ2v) is 8.98. The van der Waals surface area contributed by atoms with E-state index in [0.29, 0.717) is 30.6 Å². The second kappa shape index (κ2) is 10.4. The van der Waals surface area contributed by atoms with Crippen molar-refractivity contribution in [2.24, 2.45) is 0 Å². The number of piperazine rings is 1. The number of fused-ring (bicyclic) bond motifs is 1. The van der Waals surface area contributed by atoms with E-state index < -0.39 is 0 Å². The minimum Gasteiger partial charge on any atom is -0.494 e. The molecule has 35 heavy (non-hydrogen) atoms. The molecule has 9 nitrogen and oxygen atoms in total. The zero-order valence-electron chi connectivity index (χ0n) is 20.1. The van der Waals surface area contributed by atoms with Crippen LogP contribution in [0.4, 0.5) is 0 Å². The van der Waals surface area contributed by atoms with Crippen molar-refractivity contribution in [1.29, 1.82) is 0 Å². The minimum atomic E-state index is -0.366. The summed E-state index contributed by atoms with van der Waals surface area (Å²) in [7, 11) is 0. The van der Waals surface area contributed by atoms with Crippen molar-refractivity contribution < 1.29 is 4.74 Å². The number of nitrogens with zero attached hydrogens (tertiary/aromatic N) is 5. The molecule has 0 spiro atoms. The Labute approximate surface area is 204 Å². The van der Waals surface area contributed by atoms with E-state index in [0.717, 1.165) is 42.7 Å². The Morgan fingerprint density at radius 1 is 1.17 bits per heavy atom. The van der Waals surface area contributed by atoms with Crippen LogP contribution in [0.25, 0.3) is 10.9 Å². The maximum Gasteiger partial charge on any atom is 0.253 e. The first-order valence-electron chi connectivity index (χ1n) is 12.2. The number of tetrazole rings is 1. The first kappa shape index (κ1) is 23.2. The van der Waals surface area contributed by atoms with Gasteiger partial charge in [0.25, 0.3) is 5.56 Å². The lowest BCUT2D eigenvalue weighted by atomic mass is 10.0. The highest BCUT2D eigenvalue weighted by molar-refractivity contribution is 5.80. The SMILES string of the molecule is CCOc1ccc2[nH]c(=O)c(C(c3nnnn3CCc3ccccc3)N3CCNC(C)C3)cc2c1. The molecule has 1 fully saturated rings. The molecule has 1 aliphatic heterocycles. The molecule has 2 aromatic heterocycles. The van der Waals surface area contributed by atoms with E-state index in [9.17, 15) is 4.79 Å². The van der Waals surface area contributed by atoms with Crippen LogP contribution in [0, 0.1) is 0 Å². The number of aryl methyl sites for hydroxylation is 2. The van der Waals surface area contributed by atoms with Crippen LogP contribution in [0.15, 0.2) is 59.4 Å². The number of aromatic amines is 1. The molecule has 0 radical (unpaired) electrons. The fourth-order valence-corrected chi connectivity index (χ4v) is 4.80. The van der Waals surface area contributed by atoms with Crippen molar-refractivity contribution >= 4 is 10.9 Å². The van der Waals surface area contributed by atoms with Crippen molar-refractivity contribution in [3.05, 3.63) is 81.9 Å². The Bertz CT molecular complexity index is 1330. The van der Waals surface area contributed by atoms with E-state index in [-0.39, 0.29) is 11.6 Å². The molecule has 9 heteroatoms. The lowest BCUT2D eigenvalue weighted by Gasteiger charge is -2.37. The lowest BCUT2D eigenvalue weighted by molar-refractivity contribution is 0.160. The number of benzene rings is 2. The van der Waals surface area contributed by atoms with Gasteiger partial charge in [0.2, 0.25) is 0 Å². The van der Waals surface area contributed by atoms with Crippen LogP contribution in [-0.2, 0) is 13.0 Å². The maximum atomic E-state index is 13.4. The third-order valence-electron chi connectivity index (χ3n) is 6.47. The number of pyridine rings is 1. The Balaban J connectivity index is 1.56. The molecule has 182 valence electrons. The first-order valence-corrected chi connectivity index (χ1v) is 12.2. The van der Waals surface area contributed by atoms with Crippen molar-refractivity contribution in [1.82, 2.24) is 35.4 Å². The number of rotatable bonds is 8. The average Bonchev–Trinajstić information content (AvgIpc) is 3.32. The molecule has 4 aromatic rings. The van der Waals surface area contributed by atoms with Gasteiger partial charge in [-0.15, -0.1) is 5.10 Å². The third-order valence-corrected chi connectivity index (χ3v) is 6.47. The normalized spacial score (nSPS) is 17.5. The molecule has 0 saturated carbocycles. The predicted molar refractivity (Wildman–Crippen MR) is 135 cm³/mol. The maximum absolute atomic E-state index is 13.4. The van der Waals surface area contributed by atoms with Gasteiger partial charge in [0, 0.05) is 48.7 Å². The molecule has 0 bridgehead atoms. The molecule has 1 saturated heterocycles. The van der Waals surface area contributed by atoms with E-state index in [4.69, 9.17) is 4.74 Å². The molecule has 5 rings (SSSR count). The van der Waals surface area contributed by atoms with Gasteiger partial charge in [-0.3, -0.25) is 9.69 Å². The topological polar surface area (TPSA) is 101 Å². The highest BCUT2D eigenvalue weighted by atomic mass is 16.5. The van der Waals surface area contributed by atoms with E-state index in [1.54, 1.807) is 0 Å². The molecule has 0 amide bonds. The molecule has 2 N–H and O–H groups in total.